The number of hydrogen-bond donors (Lipinski definition) is 1. The standard InChI is InChI=1S/C21H25N3O4S.ClH/c1-27-17-13-16-19(14-18(17)28-2)29(3,26)23-20(22-16)24-11-9-21(25,10-12-24)15-7-5-4-6-8-15;/h4-8,13-14,25H,9-12H2,1-3H3;1H. The third kappa shape index (κ3) is 3.99. The second-order valence-electron chi connectivity index (χ2n) is 7.37. The fourth-order valence-corrected chi connectivity index (χ4v) is 5.20. The first kappa shape index (κ1) is 22.4. The molecule has 1 fully saturated rings. The van der Waals surface area contributed by atoms with Gasteiger partial charge < -0.3 is 19.5 Å². The van der Waals surface area contributed by atoms with E-state index in [1.165, 1.54) is 7.11 Å². The molecule has 2 aliphatic rings. The topological polar surface area (TPSA) is 83.7 Å². The van der Waals surface area contributed by atoms with E-state index >= 15 is 0 Å². The van der Waals surface area contributed by atoms with Crippen LogP contribution in [-0.2, 0) is 15.3 Å². The molecule has 0 aliphatic carbocycles. The molecule has 0 saturated carbocycles. The quantitative estimate of drug-likeness (QED) is 0.771. The van der Waals surface area contributed by atoms with Gasteiger partial charge in [0.1, 0.15) is 0 Å². The molecule has 2 aliphatic heterocycles. The van der Waals surface area contributed by atoms with Crippen LogP contribution in [0.5, 0.6) is 11.5 Å². The molecule has 0 spiro atoms. The maximum atomic E-state index is 13.3. The number of ether oxygens (including phenoxy) is 2. The van der Waals surface area contributed by atoms with E-state index in [1.54, 1.807) is 25.5 Å². The Morgan fingerprint density at radius 1 is 1.07 bits per heavy atom. The summed E-state index contributed by atoms with van der Waals surface area (Å²) in [4.78, 5) is 7.17. The van der Waals surface area contributed by atoms with Crippen molar-refractivity contribution in [3.63, 3.8) is 0 Å². The smallest absolute Gasteiger partial charge is 0.234 e. The van der Waals surface area contributed by atoms with Crippen molar-refractivity contribution in [3.8, 4) is 11.5 Å². The van der Waals surface area contributed by atoms with E-state index in [0.29, 0.717) is 54.0 Å². The van der Waals surface area contributed by atoms with Gasteiger partial charge in [0, 0.05) is 31.5 Å². The highest BCUT2D eigenvalue weighted by Gasteiger charge is 2.36. The zero-order valence-corrected chi connectivity index (χ0v) is 18.8. The molecule has 30 heavy (non-hydrogen) atoms. The first-order chi connectivity index (χ1) is 13.9. The molecule has 1 N–H and O–H groups in total. The van der Waals surface area contributed by atoms with Gasteiger partial charge in [-0.15, -0.1) is 12.4 Å². The van der Waals surface area contributed by atoms with Gasteiger partial charge in [0.2, 0.25) is 5.96 Å². The SMILES string of the molecule is COc1cc2c(cc1OC)S(C)(=O)=NC(N1CCC(O)(c3ccccc3)CC1)=N2.Cl. The molecule has 1 atom stereocenters. The lowest BCUT2D eigenvalue weighted by Crippen LogP contribution is -2.45. The number of hydrogen-bond acceptors (Lipinski definition) is 7. The Labute approximate surface area is 183 Å². The van der Waals surface area contributed by atoms with Gasteiger partial charge in [-0.25, -0.2) is 9.20 Å². The van der Waals surface area contributed by atoms with Crippen molar-refractivity contribution < 1.29 is 18.8 Å². The highest BCUT2D eigenvalue weighted by molar-refractivity contribution is 7.93. The second-order valence-corrected chi connectivity index (χ2v) is 9.59. The minimum atomic E-state index is -2.67. The summed E-state index contributed by atoms with van der Waals surface area (Å²) in [5.74, 6) is 1.47. The molecule has 2 heterocycles. The van der Waals surface area contributed by atoms with E-state index in [1.807, 2.05) is 35.2 Å². The van der Waals surface area contributed by atoms with Gasteiger partial charge >= 0.3 is 0 Å². The first-order valence-corrected chi connectivity index (χ1v) is 11.4. The molecule has 0 bridgehead atoms. The van der Waals surface area contributed by atoms with Crippen LogP contribution in [0.3, 0.4) is 0 Å². The second kappa shape index (κ2) is 8.45. The summed E-state index contributed by atoms with van der Waals surface area (Å²) in [6, 6.07) is 13.1. The third-order valence-corrected chi connectivity index (χ3v) is 7.19. The highest BCUT2D eigenvalue weighted by Crippen LogP contribution is 2.40. The maximum absolute atomic E-state index is 13.3. The molecule has 162 valence electrons. The van der Waals surface area contributed by atoms with Gasteiger partial charge in [-0.1, -0.05) is 30.3 Å². The van der Waals surface area contributed by atoms with Crippen LogP contribution in [0.4, 0.5) is 5.69 Å². The summed E-state index contributed by atoms with van der Waals surface area (Å²) in [5, 5.41) is 11.1. The summed E-state index contributed by atoms with van der Waals surface area (Å²) in [6.45, 7) is 1.15. The van der Waals surface area contributed by atoms with E-state index in [2.05, 4.69) is 9.36 Å². The van der Waals surface area contributed by atoms with Crippen LogP contribution in [0, 0.1) is 0 Å². The van der Waals surface area contributed by atoms with Crippen LogP contribution in [0.1, 0.15) is 18.4 Å². The number of benzene rings is 2. The summed E-state index contributed by atoms with van der Waals surface area (Å²) in [7, 11) is 0.421. The minimum absolute atomic E-state index is 0. The number of nitrogens with zero attached hydrogens (tertiary/aromatic N) is 3. The lowest BCUT2D eigenvalue weighted by molar-refractivity contribution is -0.0123. The fraction of sp³-hybridized carbons (Fsp3) is 0.381. The first-order valence-electron chi connectivity index (χ1n) is 9.46. The number of halogens is 1. The van der Waals surface area contributed by atoms with Gasteiger partial charge in [-0.3, -0.25) is 0 Å². The molecule has 9 heteroatoms. The number of likely N-dealkylation sites (tertiary alicyclic amines) is 1. The average molecular weight is 452 g/mol. The molecule has 1 unspecified atom stereocenters. The summed E-state index contributed by atoms with van der Waals surface area (Å²) < 4.78 is 28.4. The molecule has 0 radical (unpaired) electrons. The molecule has 2 aromatic carbocycles. The molecular weight excluding hydrogens is 426 g/mol. The molecule has 4 rings (SSSR count). The van der Waals surface area contributed by atoms with Crippen molar-refractivity contribution in [2.75, 3.05) is 33.6 Å². The van der Waals surface area contributed by atoms with Gasteiger partial charge in [0.05, 0.1) is 40.1 Å². The lowest BCUT2D eigenvalue weighted by Gasteiger charge is -2.39. The number of aliphatic imine (C=N–C) groups is 1. The number of fused-ring (bicyclic) bond motifs is 1. The van der Waals surface area contributed by atoms with E-state index in [4.69, 9.17) is 9.47 Å². The van der Waals surface area contributed by atoms with Crippen LogP contribution in [0.25, 0.3) is 0 Å². The van der Waals surface area contributed by atoms with Crippen molar-refractivity contribution in [1.29, 1.82) is 0 Å². The zero-order chi connectivity index (χ0) is 20.6. The van der Waals surface area contributed by atoms with E-state index < -0.39 is 15.3 Å². The zero-order valence-electron chi connectivity index (χ0n) is 17.2. The molecule has 7 nitrogen and oxygen atoms in total. The normalized spacial score (nSPS) is 22.1. The van der Waals surface area contributed by atoms with Crippen LogP contribution in [-0.4, -0.2) is 53.7 Å². The highest BCUT2D eigenvalue weighted by atomic mass is 35.5. The molecule has 1 saturated heterocycles. The van der Waals surface area contributed by atoms with Crippen molar-refractivity contribution in [1.82, 2.24) is 4.90 Å². The largest absolute Gasteiger partial charge is 0.493 e. The van der Waals surface area contributed by atoms with Gasteiger partial charge in [-0.05, 0) is 18.4 Å². The van der Waals surface area contributed by atoms with Crippen LogP contribution < -0.4 is 9.47 Å². The summed E-state index contributed by atoms with van der Waals surface area (Å²) in [5.41, 5.74) is 0.627. The monoisotopic (exact) mass is 451 g/mol. The van der Waals surface area contributed by atoms with E-state index in [-0.39, 0.29) is 12.4 Å². The van der Waals surface area contributed by atoms with Gasteiger partial charge in [-0.2, -0.15) is 4.36 Å². The number of rotatable bonds is 3. The van der Waals surface area contributed by atoms with E-state index in [9.17, 15) is 9.32 Å². The number of aliphatic hydroxyl groups is 1. The van der Waals surface area contributed by atoms with Gasteiger partial charge in [0.25, 0.3) is 0 Å². The maximum Gasteiger partial charge on any atom is 0.234 e. The molecule has 0 aromatic heterocycles. The number of methoxy groups -OCH3 is 2. The number of guanidine groups is 1. The summed E-state index contributed by atoms with van der Waals surface area (Å²) in [6.07, 6.45) is 2.71. The van der Waals surface area contributed by atoms with Crippen molar-refractivity contribution in [2.45, 2.75) is 23.3 Å². The fourth-order valence-electron chi connectivity index (χ4n) is 3.82. The molecular formula is C21H26ClN3O4S. The lowest BCUT2D eigenvalue weighted by atomic mass is 9.84. The Balaban J connectivity index is 0.00000256. The predicted molar refractivity (Wildman–Crippen MR) is 120 cm³/mol. The van der Waals surface area contributed by atoms with E-state index in [0.717, 1.165) is 5.56 Å². The van der Waals surface area contributed by atoms with Crippen LogP contribution >= 0.6 is 12.4 Å². The Kier molecular flexibility index (Phi) is 6.31. The number of piperidine rings is 1. The van der Waals surface area contributed by atoms with Crippen molar-refractivity contribution in [3.05, 3.63) is 48.0 Å². The Morgan fingerprint density at radius 3 is 2.27 bits per heavy atom. The Morgan fingerprint density at radius 2 is 1.67 bits per heavy atom. The van der Waals surface area contributed by atoms with Gasteiger partial charge in [0.15, 0.2) is 11.5 Å². The molecule has 2 aromatic rings. The van der Waals surface area contributed by atoms with Crippen LogP contribution in [0.15, 0.2) is 56.7 Å². The van der Waals surface area contributed by atoms with Crippen LogP contribution in [0.2, 0.25) is 0 Å². The molecule has 0 amide bonds. The average Bonchev–Trinajstić information content (AvgIpc) is 2.73. The predicted octanol–water partition coefficient (Wildman–Crippen LogP) is 3.57. The Bertz CT molecular complexity index is 1070. The summed E-state index contributed by atoms with van der Waals surface area (Å²) >= 11 is 0. The van der Waals surface area contributed by atoms with Crippen molar-refractivity contribution >= 4 is 33.8 Å². The van der Waals surface area contributed by atoms with Crippen molar-refractivity contribution in [2.24, 2.45) is 9.36 Å². The minimum Gasteiger partial charge on any atom is -0.493 e. The third-order valence-electron chi connectivity index (χ3n) is 5.53. The Hall–Kier alpha value is -2.29.